The number of nitrogens with zero attached hydrogens (tertiary/aromatic N) is 1. The van der Waals surface area contributed by atoms with Crippen LogP contribution in [0, 0.1) is 5.41 Å². The first-order valence-corrected chi connectivity index (χ1v) is 8.35. The molecule has 0 N–H and O–H groups in total. The number of benzene rings is 1. The molecule has 1 atom stereocenters. The van der Waals surface area contributed by atoms with Crippen molar-refractivity contribution >= 4 is 52.5 Å². The van der Waals surface area contributed by atoms with E-state index in [1.54, 1.807) is 30.0 Å². The van der Waals surface area contributed by atoms with E-state index in [1.165, 1.54) is 4.90 Å². The summed E-state index contributed by atoms with van der Waals surface area (Å²) in [5, 5.41) is 0.765. The zero-order valence-corrected chi connectivity index (χ0v) is 13.0. The van der Waals surface area contributed by atoms with Gasteiger partial charge in [-0.3, -0.25) is 9.59 Å². The highest BCUT2D eigenvalue weighted by molar-refractivity contribution is 7.99. The highest BCUT2D eigenvalue weighted by atomic mass is 35.5. The molecule has 1 aromatic rings. The summed E-state index contributed by atoms with van der Waals surface area (Å²) in [7, 11) is 0. The summed E-state index contributed by atoms with van der Waals surface area (Å²) in [6.45, 7) is 0. The summed E-state index contributed by atoms with van der Waals surface area (Å²) in [5.74, 6) is 1.56. The maximum Gasteiger partial charge on any atom is 0.241 e. The van der Waals surface area contributed by atoms with Crippen LogP contribution in [0.3, 0.4) is 0 Å². The van der Waals surface area contributed by atoms with E-state index in [-0.39, 0.29) is 11.8 Å². The lowest BCUT2D eigenvalue weighted by molar-refractivity contribution is -0.125. The van der Waals surface area contributed by atoms with Gasteiger partial charge in [0.2, 0.25) is 11.8 Å². The third kappa shape index (κ3) is 2.24. The highest BCUT2D eigenvalue weighted by Crippen LogP contribution is 2.45. The first-order valence-electron chi connectivity index (χ1n) is 6.44. The van der Waals surface area contributed by atoms with E-state index in [2.05, 4.69) is 0 Å². The Balaban J connectivity index is 1.95. The average Bonchev–Trinajstić information content (AvgIpc) is 2.66. The maximum absolute atomic E-state index is 12.7. The van der Waals surface area contributed by atoms with Gasteiger partial charge in [-0.25, -0.2) is 4.90 Å². The van der Waals surface area contributed by atoms with Crippen LogP contribution in [0.15, 0.2) is 18.2 Å². The van der Waals surface area contributed by atoms with Crippen molar-refractivity contribution in [2.24, 2.45) is 5.41 Å². The van der Waals surface area contributed by atoms with Gasteiger partial charge in [0.25, 0.3) is 0 Å². The molecule has 1 aromatic carbocycles. The Morgan fingerprint density at radius 2 is 2.00 bits per heavy atom. The molecule has 20 heavy (non-hydrogen) atoms. The molecule has 2 aliphatic heterocycles. The zero-order chi connectivity index (χ0) is 14.3. The fourth-order valence-corrected chi connectivity index (χ4v) is 4.39. The number of thioether (sulfide) groups is 1. The van der Waals surface area contributed by atoms with E-state index in [9.17, 15) is 9.59 Å². The Morgan fingerprint density at radius 3 is 2.65 bits per heavy atom. The topological polar surface area (TPSA) is 37.4 Å². The van der Waals surface area contributed by atoms with Crippen LogP contribution >= 0.6 is 35.0 Å². The standard InChI is InChI=1S/C14H13Cl2NO2S/c15-10-3-2-9(6-11(10)16)17-12(18)7-14(13(17)19)4-1-5-20-8-14/h2-3,6H,1,4-5,7-8H2. The second-order valence-corrected chi connectivity index (χ2v) is 7.17. The summed E-state index contributed by atoms with van der Waals surface area (Å²) in [4.78, 5) is 26.3. The SMILES string of the molecule is O=C1CC2(CCCSC2)C(=O)N1c1ccc(Cl)c(Cl)c1. The average molecular weight is 330 g/mol. The maximum atomic E-state index is 12.7. The zero-order valence-electron chi connectivity index (χ0n) is 10.7. The number of rotatable bonds is 1. The third-order valence-corrected chi connectivity index (χ3v) is 5.95. The highest BCUT2D eigenvalue weighted by Gasteiger charge is 2.52. The van der Waals surface area contributed by atoms with Crippen LogP contribution in [0.5, 0.6) is 0 Å². The number of carbonyl (C=O) groups is 2. The van der Waals surface area contributed by atoms with Gasteiger partial charge in [-0.1, -0.05) is 23.2 Å². The van der Waals surface area contributed by atoms with Crippen LogP contribution in [0.1, 0.15) is 19.3 Å². The smallest absolute Gasteiger partial charge is 0.241 e. The lowest BCUT2D eigenvalue weighted by Gasteiger charge is -2.30. The number of hydrogen-bond donors (Lipinski definition) is 0. The van der Waals surface area contributed by atoms with E-state index >= 15 is 0 Å². The first-order chi connectivity index (χ1) is 9.53. The number of imide groups is 1. The van der Waals surface area contributed by atoms with Gasteiger partial charge in [-0.2, -0.15) is 11.8 Å². The van der Waals surface area contributed by atoms with Crippen LogP contribution in [-0.2, 0) is 9.59 Å². The van der Waals surface area contributed by atoms with Gasteiger partial charge >= 0.3 is 0 Å². The normalized spacial score (nSPS) is 26.6. The van der Waals surface area contributed by atoms with Gasteiger partial charge < -0.3 is 0 Å². The molecule has 3 rings (SSSR count). The Bertz CT molecular complexity index is 585. The minimum Gasteiger partial charge on any atom is -0.274 e. The van der Waals surface area contributed by atoms with Crippen molar-refractivity contribution in [1.82, 2.24) is 0 Å². The largest absolute Gasteiger partial charge is 0.274 e. The fraction of sp³-hybridized carbons (Fsp3) is 0.429. The van der Waals surface area contributed by atoms with Crippen molar-refractivity contribution in [2.75, 3.05) is 16.4 Å². The van der Waals surface area contributed by atoms with Crippen molar-refractivity contribution < 1.29 is 9.59 Å². The second kappa shape index (κ2) is 5.24. The molecular formula is C14H13Cl2NO2S. The monoisotopic (exact) mass is 329 g/mol. The Kier molecular flexibility index (Phi) is 3.73. The molecule has 0 saturated carbocycles. The van der Waals surface area contributed by atoms with Crippen LogP contribution in [0.25, 0.3) is 0 Å². The third-order valence-electron chi connectivity index (χ3n) is 3.88. The molecule has 2 aliphatic rings. The van der Waals surface area contributed by atoms with Crippen LogP contribution < -0.4 is 4.90 Å². The predicted molar refractivity (Wildman–Crippen MR) is 82.6 cm³/mol. The van der Waals surface area contributed by atoms with Crippen molar-refractivity contribution in [3.05, 3.63) is 28.2 Å². The van der Waals surface area contributed by atoms with Crippen molar-refractivity contribution in [1.29, 1.82) is 0 Å². The lowest BCUT2D eigenvalue weighted by atomic mass is 9.83. The molecule has 1 spiro atoms. The number of carbonyl (C=O) groups excluding carboxylic acids is 2. The molecule has 3 nitrogen and oxygen atoms in total. The molecule has 2 fully saturated rings. The molecule has 2 saturated heterocycles. The molecule has 2 heterocycles. The van der Waals surface area contributed by atoms with Crippen LogP contribution in [0.4, 0.5) is 5.69 Å². The summed E-state index contributed by atoms with van der Waals surface area (Å²) in [6.07, 6.45) is 2.08. The number of anilines is 1. The van der Waals surface area contributed by atoms with Gasteiger partial charge in [0.05, 0.1) is 21.1 Å². The predicted octanol–water partition coefficient (Wildman–Crippen LogP) is 3.77. The van der Waals surface area contributed by atoms with Gasteiger partial charge in [-0.15, -0.1) is 0 Å². The molecule has 0 aliphatic carbocycles. The number of halogens is 2. The minimum atomic E-state index is -0.508. The quantitative estimate of drug-likeness (QED) is 0.736. The van der Waals surface area contributed by atoms with Gasteiger partial charge in [0.1, 0.15) is 0 Å². The summed E-state index contributed by atoms with van der Waals surface area (Å²) in [5.41, 5.74) is 0.00778. The van der Waals surface area contributed by atoms with E-state index in [0.717, 1.165) is 24.3 Å². The fourth-order valence-electron chi connectivity index (χ4n) is 2.84. The van der Waals surface area contributed by atoms with Gasteiger partial charge in [-0.05, 0) is 36.8 Å². The van der Waals surface area contributed by atoms with Crippen molar-refractivity contribution in [3.63, 3.8) is 0 Å². The van der Waals surface area contributed by atoms with Crippen molar-refractivity contribution in [2.45, 2.75) is 19.3 Å². The molecule has 0 bridgehead atoms. The Morgan fingerprint density at radius 1 is 1.20 bits per heavy atom. The van der Waals surface area contributed by atoms with E-state index in [4.69, 9.17) is 23.2 Å². The molecule has 106 valence electrons. The summed E-state index contributed by atoms with van der Waals surface area (Å²) >= 11 is 13.6. The summed E-state index contributed by atoms with van der Waals surface area (Å²) < 4.78 is 0. The Labute approximate surface area is 131 Å². The molecule has 2 amide bonds. The molecule has 6 heteroatoms. The first kappa shape index (κ1) is 14.2. The second-order valence-electron chi connectivity index (χ2n) is 5.25. The lowest BCUT2D eigenvalue weighted by Crippen LogP contribution is -2.38. The van der Waals surface area contributed by atoms with Gasteiger partial charge in [0, 0.05) is 12.2 Å². The molecule has 0 aromatic heterocycles. The molecule has 0 radical (unpaired) electrons. The molecular weight excluding hydrogens is 317 g/mol. The summed E-state index contributed by atoms with van der Waals surface area (Å²) in [6, 6.07) is 4.86. The van der Waals surface area contributed by atoms with Crippen LogP contribution in [-0.4, -0.2) is 23.3 Å². The van der Waals surface area contributed by atoms with E-state index in [0.29, 0.717) is 22.2 Å². The van der Waals surface area contributed by atoms with Crippen molar-refractivity contribution in [3.8, 4) is 0 Å². The number of amides is 2. The Hall–Kier alpha value is -0.710. The van der Waals surface area contributed by atoms with Crippen LogP contribution in [0.2, 0.25) is 10.0 Å². The van der Waals surface area contributed by atoms with E-state index < -0.39 is 5.41 Å². The number of hydrogen-bond acceptors (Lipinski definition) is 3. The minimum absolute atomic E-state index is 0.0897. The van der Waals surface area contributed by atoms with E-state index in [1.807, 2.05) is 0 Å². The van der Waals surface area contributed by atoms with Gasteiger partial charge in [0.15, 0.2) is 0 Å². The molecule has 1 unspecified atom stereocenters.